The number of carbonyl (C=O) groups excluding carboxylic acids is 1. The third-order valence-electron chi connectivity index (χ3n) is 2.43. The van der Waals surface area contributed by atoms with Crippen molar-refractivity contribution in [3.63, 3.8) is 0 Å². The van der Waals surface area contributed by atoms with Crippen LogP contribution in [0, 0.1) is 18.6 Å². The van der Waals surface area contributed by atoms with Gasteiger partial charge in [0.15, 0.2) is 11.6 Å². The van der Waals surface area contributed by atoms with Crippen LogP contribution >= 0.6 is 0 Å². The quantitative estimate of drug-likeness (QED) is 0.749. The van der Waals surface area contributed by atoms with Gasteiger partial charge in [0, 0.05) is 7.05 Å². The van der Waals surface area contributed by atoms with Crippen LogP contribution in [0.2, 0.25) is 0 Å². The Morgan fingerprint density at radius 1 is 1.35 bits per heavy atom. The fourth-order valence-corrected chi connectivity index (χ4v) is 1.64. The van der Waals surface area contributed by atoms with E-state index in [0.717, 1.165) is 6.07 Å². The van der Waals surface area contributed by atoms with E-state index in [9.17, 15) is 13.6 Å². The van der Waals surface area contributed by atoms with Gasteiger partial charge in [-0.2, -0.15) is 5.10 Å². The van der Waals surface area contributed by atoms with Crippen LogP contribution in [-0.4, -0.2) is 15.6 Å². The van der Waals surface area contributed by atoms with Gasteiger partial charge in [-0.1, -0.05) is 6.07 Å². The smallest absolute Gasteiger partial charge is 0.214 e. The zero-order chi connectivity index (χ0) is 12.6. The van der Waals surface area contributed by atoms with Crippen molar-refractivity contribution >= 4 is 5.78 Å². The molecule has 0 aliphatic rings. The molecule has 0 N–H and O–H groups in total. The predicted molar refractivity (Wildman–Crippen MR) is 57.7 cm³/mol. The largest absolute Gasteiger partial charge is 0.287 e. The van der Waals surface area contributed by atoms with E-state index in [4.69, 9.17) is 0 Å². The van der Waals surface area contributed by atoms with E-state index in [0.29, 0.717) is 5.69 Å². The first-order valence-corrected chi connectivity index (χ1v) is 5.00. The van der Waals surface area contributed by atoms with Crippen LogP contribution in [0.4, 0.5) is 8.78 Å². The number of ketones is 1. The summed E-state index contributed by atoms with van der Waals surface area (Å²) in [4.78, 5) is 12.0. The van der Waals surface area contributed by atoms with Crippen molar-refractivity contribution in [1.29, 1.82) is 0 Å². The summed E-state index contributed by atoms with van der Waals surface area (Å²) in [6, 6.07) is 5.06. The second-order valence-corrected chi connectivity index (χ2v) is 3.73. The zero-order valence-corrected chi connectivity index (χ0v) is 9.37. The second-order valence-electron chi connectivity index (χ2n) is 3.73. The number of aromatic nitrogens is 2. The number of carbonyl (C=O) groups is 1. The lowest BCUT2D eigenvalue weighted by Crippen LogP contribution is -2.10. The van der Waals surface area contributed by atoms with Crippen LogP contribution in [0.3, 0.4) is 0 Å². The summed E-state index contributed by atoms with van der Waals surface area (Å²) in [6.45, 7) is 1.72. The molecule has 5 heteroatoms. The summed E-state index contributed by atoms with van der Waals surface area (Å²) in [7, 11) is 1.58. The second kappa shape index (κ2) is 4.08. The molecule has 1 aromatic carbocycles. The Hall–Kier alpha value is -2.04. The number of halogens is 2. The van der Waals surface area contributed by atoms with Gasteiger partial charge < -0.3 is 0 Å². The third kappa shape index (κ3) is 1.95. The molecule has 0 bridgehead atoms. The molecule has 0 aliphatic heterocycles. The monoisotopic (exact) mass is 236 g/mol. The molecule has 0 unspecified atom stereocenters. The maximum atomic E-state index is 13.5. The van der Waals surface area contributed by atoms with Crippen molar-refractivity contribution in [3.05, 3.63) is 52.9 Å². The Kier molecular flexibility index (Phi) is 2.75. The standard InChI is InChI=1S/C12H10F2N2O/c1-7-6-10(16(2)15-7)12(17)8-4-3-5-9(13)11(8)14/h3-6H,1-2H3. The minimum absolute atomic E-state index is 0.229. The first-order chi connectivity index (χ1) is 8.00. The molecule has 0 spiro atoms. The van der Waals surface area contributed by atoms with Crippen molar-refractivity contribution in [1.82, 2.24) is 9.78 Å². The molecule has 1 heterocycles. The summed E-state index contributed by atoms with van der Waals surface area (Å²) >= 11 is 0. The number of rotatable bonds is 2. The third-order valence-corrected chi connectivity index (χ3v) is 2.43. The summed E-state index contributed by atoms with van der Waals surface area (Å²) in [5, 5.41) is 3.99. The summed E-state index contributed by atoms with van der Waals surface area (Å²) in [6.07, 6.45) is 0. The van der Waals surface area contributed by atoms with Crippen LogP contribution in [0.25, 0.3) is 0 Å². The van der Waals surface area contributed by atoms with Gasteiger partial charge in [-0.25, -0.2) is 8.78 Å². The van der Waals surface area contributed by atoms with Gasteiger partial charge in [-0.05, 0) is 25.1 Å². The molecule has 88 valence electrons. The Morgan fingerprint density at radius 2 is 2.06 bits per heavy atom. The highest BCUT2D eigenvalue weighted by Gasteiger charge is 2.19. The molecule has 1 aromatic heterocycles. The molecule has 0 fully saturated rings. The average Bonchev–Trinajstić information content (AvgIpc) is 2.61. The average molecular weight is 236 g/mol. The van der Waals surface area contributed by atoms with Gasteiger partial charge in [0.05, 0.1) is 11.3 Å². The van der Waals surface area contributed by atoms with Gasteiger partial charge in [-0.3, -0.25) is 9.48 Å². The fourth-order valence-electron chi connectivity index (χ4n) is 1.64. The molecule has 2 rings (SSSR count). The van der Waals surface area contributed by atoms with Gasteiger partial charge in [0.2, 0.25) is 5.78 Å². The van der Waals surface area contributed by atoms with Crippen LogP contribution < -0.4 is 0 Å². The molecular weight excluding hydrogens is 226 g/mol. The Balaban J connectivity index is 2.51. The van der Waals surface area contributed by atoms with E-state index in [1.54, 1.807) is 14.0 Å². The molecule has 0 amide bonds. The van der Waals surface area contributed by atoms with Gasteiger partial charge >= 0.3 is 0 Å². The normalized spacial score (nSPS) is 10.6. The predicted octanol–water partition coefficient (Wildman–Crippen LogP) is 2.24. The van der Waals surface area contributed by atoms with E-state index in [2.05, 4.69) is 5.10 Å². The maximum Gasteiger partial charge on any atom is 0.214 e. The first-order valence-electron chi connectivity index (χ1n) is 5.00. The summed E-state index contributed by atoms with van der Waals surface area (Å²) in [5.74, 6) is -2.74. The highest BCUT2D eigenvalue weighted by molar-refractivity contribution is 6.08. The summed E-state index contributed by atoms with van der Waals surface area (Å²) < 4.78 is 27.8. The van der Waals surface area contributed by atoms with Crippen LogP contribution in [0.15, 0.2) is 24.3 Å². The van der Waals surface area contributed by atoms with Crippen LogP contribution in [-0.2, 0) is 7.05 Å². The molecular formula is C12H10F2N2O. The molecule has 0 saturated carbocycles. The highest BCUT2D eigenvalue weighted by atomic mass is 19.2. The maximum absolute atomic E-state index is 13.5. The first kappa shape index (κ1) is 11.4. The molecule has 0 aliphatic carbocycles. The molecule has 0 radical (unpaired) electrons. The van der Waals surface area contributed by atoms with E-state index >= 15 is 0 Å². The fraction of sp³-hybridized carbons (Fsp3) is 0.167. The van der Waals surface area contributed by atoms with Crippen molar-refractivity contribution in [2.75, 3.05) is 0 Å². The summed E-state index contributed by atoms with van der Waals surface area (Å²) in [5.41, 5.74) is 0.590. The SMILES string of the molecule is Cc1cc(C(=O)c2cccc(F)c2F)n(C)n1. The number of hydrogen-bond donors (Lipinski definition) is 0. The molecule has 0 atom stereocenters. The molecule has 0 saturated heterocycles. The van der Waals surface area contributed by atoms with Gasteiger partial charge in [0.25, 0.3) is 0 Å². The van der Waals surface area contributed by atoms with Crippen molar-refractivity contribution in [2.45, 2.75) is 6.92 Å². The number of aryl methyl sites for hydroxylation is 2. The van der Waals surface area contributed by atoms with Crippen molar-refractivity contribution < 1.29 is 13.6 Å². The Morgan fingerprint density at radius 3 is 2.65 bits per heavy atom. The minimum atomic E-state index is -1.13. The van der Waals surface area contributed by atoms with Crippen LogP contribution in [0.5, 0.6) is 0 Å². The topological polar surface area (TPSA) is 34.9 Å². The lowest BCUT2D eigenvalue weighted by Gasteiger charge is -2.03. The Bertz CT molecular complexity index is 590. The van der Waals surface area contributed by atoms with Gasteiger partial charge in [0.1, 0.15) is 5.69 Å². The van der Waals surface area contributed by atoms with E-state index in [1.165, 1.54) is 22.9 Å². The van der Waals surface area contributed by atoms with E-state index in [-0.39, 0.29) is 11.3 Å². The van der Waals surface area contributed by atoms with Gasteiger partial charge in [-0.15, -0.1) is 0 Å². The lowest BCUT2D eigenvalue weighted by atomic mass is 10.1. The van der Waals surface area contributed by atoms with Crippen LogP contribution in [0.1, 0.15) is 21.7 Å². The molecule has 3 nitrogen and oxygen atoms in total. The Labute approximate surface area is 96.7 Å². The molecule has 17 heavy (non-hydrogen) atoms. The number of benzene rings is 1. The highest BCUT2D eigenvalue weighted by Crippen LogP contribution is 2.16. The van der Waals surface area contributed by atoms with E-state index < -0.39 is 17.4 Å². The zero-order valence-electron chi connectivity index (χ0n) is 9.37. The van der Waals surface area contributed by atoms with Crippen molar-refractivity contribution in [3.8, 4) is 0 Å². The lowest BCUT2D eigenvalue weighted by molar-refractivity contribution is 0.102. The number of hydrogen-bond acceptors (Lipinski definition) is 2. The minimum Gasteiger partial charge on any atom is -0.287 e. The number of nitrogens with zero attached hydrogens (tertiary/aromatic N) is 2. The van der Waals surface area contributed by atoms with Crippen molar-refractivity contribution in [2.24, 2.45) is 7.05 Å². The molecule has 2 aromatic rings. The van der Waals surface area contributed by atoms with E-state index in [1.807, 2.05) is 0 Å².